The lowest BCUT2D eigenvalue weighted by Gasteiger charge is -2.20. The van der Waals surface area contributed by atoms with Crippen molar-refractivity contribution in [1.82, 2.24) is 9.80 Å². The lowest BCUT2D eigenvalue weighted by molar-refractivity contribution is 0.0763. The minimum absolute atomic E-state index is 0.0878. The van der Waals surface area contributed by atoms with E-state index < -0.39 is 0 Å². The molecule has 5 heteroatoms. The van der Waals surface area contributed by atoms with E-state index in [0.29, 0.717) is 10.6 Å². The van der Waals surface area contributed by atoms with E-state index in [1.807, 2.05) is 4.90 Å². The number of carbonyl (C=O) groups excluding carboxylic acids is 1. The maximum atomic E-state index is 12.4. The van der Waals surface area contributed by atoms with Crippen molar-refractivity contribution in [3.63, 3.8) is 0 Å². The van der Waals surface area contributed by atoms with E-state index >= 15 is 0 Å². The average Bonchev–Trinajstić information content (AvgIpc) is 2.63. The molecule has 0 atom stereocenters. The van der Waals surface area contributed by atoms with Crippen LogP contribution in [0, 0.1) is 0 Å². The summed E-state index contributed by atoms with van der Waals surface area (Å²) in [5.74, 6) is 0.0878. The van der Waals surface area contributed by atoms with Gasteiger partial charge in [0.2, 0.25) is 0 Å². The van der Waals surface area contributed by atoms with Crippen molar-refractivity contribution in [1.29, 1.82) is 0 Å². The summed E-state index contributed by atoms with van der Waals surface area (Å²) in [7, 11) is 2.09. The van der Waals surface area contributed by atoms with E-state index in [0.717, 1.165) is 38.2 Å². The quantitative estimate of drug-likeness (QED) is 0.823. The fraction of sp³-hybridized carbons (Fsp3) is 0.429. The fourth-order valence-electron chi connectivity index (χ4n) is 2.21. The van der Waals surface area contributed by atoms with Crippen LogP contribution >= 0.6 is 12.2 Å². The highest BCUT2D eigenvalue weighted by atomic mass is 32.1. The van der Waals surface area contributed by atoms with Gasteiger partial charge in [-0.25, -0.2) is 0 Å². The summed E-state index contributed by atoms with van der Waals surface area (Å²) in [6, 6.07) is 7.20. The molecule has 1 amide bonds. The molecule has 0 spiro atoms. The van der Waals surface area contributed by atoms with Crippen molar-refractivity contribution in [3.05, 3.63) is 35.4 Å². The van der Waals surface area contributed by atoms with E-state index in [1.54, 1.807) is 24.3 Å². The highest BCUT2D eigenvalue weighted by Gasteiger charge is 2.18. The zero-order valence-electron chi connectivity index (χ0n) is 11.1. The van der Waals surface area contributed by atoms with Crippen LogP contribution in [-0.2, 0) is 0 Å². The molecule has 102 valence electrons. The summed E-state index contributed by atoms with van der Waals surface area (Å²) in [6.45, 7) is 3.58. The first-order valence-electron chi connectivity index (χ1n) is 6.45. The van der Waals surface area contributed by atoms with Crippen LogP contribution in [0.25, 0.3) is 0 Å². The highest BCUT2D eigenvalue weighted by Crippen LogP contribution is 2.10. The third-order valence-corrected chi connectivity index (χ3v) is 3.66. The highest BCUT2D eigenvalue weighted by molar-refractivity contribution is 7.80. The molecule has 1 heterocycles. The molecule has 2 rings (SSSR count). The van der Waals surface area contributed by atoms with Crippen LogP contribution in [0.1, 0.15) is 22.3 Å². The third-order valence-electron chi connectivity index (χ3n) is 3.42. The smallest absolute Gasteiger partial charge is 0.253 e. The second kappa shape index (κ2) is 6.12. The first-order valence-corrected chi connectivity index (χ1v) is 6.86. The summed E-state index contributed by atoms with van der Waals surface area (Å²) >= 11 is 4.90. The largest absolute Gasteiger partial charge is 0.389 e. The molecule has 0 aliphatic carbocycles. The first-order chi connectivity index (χ1) is 9.08. The molecule has 1 fully saturated rings. The minimum Gasteiger partial charge on any atom is -0.389 e. The Bertz CT molecular complexity index is 472. The molecule has 0 radical (unpaired) electrons. The lowest BCUT2D eigenvalue weighted by Crippen LogP contribution is -2.34. The van der Waals surface area contributed by atoms with Gasteiger partial charge in [-0.3, -0.25) is 4.79 Å². The Hall–Kier alpha value is -1.46. The molecule has 0 saturated carbocycles. The van der Waals surface area contributed by atoms with Crippen LogP contribution in [0.15, 0.2) is 24.3 Å². The van der Waals surface area contributed by atoms with Gasteiger partial charge in [0.15, 0.2) is 0 Å². The Balaban J connectivity index is 2.08. The molecule has 1 saturated heterocycles. The fourth-order valence-corrected chi connectivity index (χ4v) is 2.35. The van der Waals surface area contributed by atoms with Gasteiger partial charge in [0.05, 0.1) is 0 Å². The van der Waals surface area contributed by atoms with Crippen molar-refractivity contribution in [2.45, 2.75) is 6.42 Å². The number of hydrogen-bond acceptors (Lipinski definition) is 3. The number of likely N-dealkylation sites (N-methyl/N-ethyl adjacent to an activating group) is 1. The van der Waals surface area contributed by atoms with Gasteiger partial charge in [0, 0.05) is 30.8 Å². The normalized spacial score (nSPS) is 17.0. The van der Waals surface area contributed by atoms with Gasteiger partial charge in [0.1, 0.15) is 4.99 Å². The van der Waals surface area contributed by atoms with E-state index in [-0.39, 0.29) is 5.91 Å². The molecular weight excluding hydrogens is 258 g/mol. The molecule has 0 bridgehead atoms. The van der Waals surface area contributed by atoms with Gasteiger partial charge < -0.3 is 15.5 Å². The van der Waals surface area contributed by atoms with Crippen molar-refractivity contribution < 1.29 is 4.79 Å². The van der Waals surface area contributed by atoms with Gasteiger partial charge in [-0.1, -0.05) is 24.4 Å². The Kier molecular flexibility index (Phi) is 4.50. The topological polar surface area (TPSA) is 49.6 Å². The number of rotatable bonds is 2. The Morgan fingerprint density at radius 3 is 2.37 bits per heavy atom. The van der Waals surface area contributed by atoms with Crippen LogP contribution in [0.5, 0.6) is 0 Å². The maximum Gasteiger partial charge on any atom is 0.253 e. The van der Waals surface area contributed by atoms with Crippen LogP contribution in [0.4, 0.5) is 0 Å². The second-order valence-corrected chi connectivity index (χ2v) is 5.33. The zero-order chi connectivity index (χ0) is 13.8. The number of thiocarbonyl (C=S) groups is 1. The molecule has 0 aromatic heterocycles. The monoisotopic (exact) mass is 277 g/mol. The Morgan fingerprint density at radius 1 is 1.11 bits per heavy atom. The van der Waals surface area contributed by atoms with Crippen LogP contribution < -0.4 is 5.73 Å². The van der Waals surface area contributed by atoms with Crippen molar-refractivity contribution >= 4 is 23.1 Å². The average molecular weight is 277 g/mol. The molecular formula is C14H19N3OS. The Labute approximate surface area is 119 Å². The standard InChI is InChI=1S/C14H19N3OS/c1-16-7-2-8-17(10-9-16)14(18)12-5-3-11(4-6-12)13(15)19/h3-6H,2,7-10H2,1H3,(H2,15,19). The molecule has 1 aliphatic rings. The molecule has 19 heavy (non-hydrogen) atoms. The molecule has 1 aromatic rings. The summed E-state index contributed by atoms with van der Waals surface area (Å²) in [4.78, 5) is 16.9. The van der Waals surface area contributed by atoms with E-state index in [9.17, 15) is 4.79 Å². The van der Waals surface area contributed by atoms with Gasteiger partial charge in [-0.05, 0) is 32.1 Å². The summed E-state index contributed by atoms with van der Waals surface area (Å²) in [5.41, 5.74) is 7.04. The molecule has 1 aromatic carbocycles. The van der Waals surface area contributed by atoms with E-state index in [4.69, 9.17) is 18.0 Å². The number of benzene rings is 1. The van der Waals surface area contributed by atoms with Crippen LogP contribution in [-0.4, -0.2) is 53.9 Å². The van der Waals surface area contributed by atoms with Crippen molar-refractivity contribution in [3.8, 4) is 0 Å². The zero-order valence-corrected chi connectivity index (χ0v) is 11.9. The lowest BCUT2D eigenvalue weighted by atomic mass is 10.1. The predicted molar refractivity (Wildman–Crippen MR) is 80.3 cm³/mol. The van der Waals surface area contributed by atoms with Gasteiger partial charge >= 0.3 is 0 Å². The SMILES string of the molecule is CN1CCCN(C(=O)c2ccc(C(N)=S)cc2)CC1. The van der Waals surface area contributed by atoms with Crippen molar-refractivity contribution in [2.24, 2.45) is 5.73 Å². The molecule has 2 N–H and O–H groups in total. The van der Waals surface area contributed by atoms with Gasteiger partial charge in [-0.2, -0.15) is 0 Å². The molecule has 0 unspecified atom stereocenters. The minimum atomic E-state index is 0.0878. The second-order valence-electron chi connectivity index (χ2n) is 4.89. The Morgan fingerprint density at radius 2 is 1.74 bits per heavy atom. The number of hydrogen-bond donors (Lipinski definition) is 1. The predicted octanol–water partition coefficient (Wildman–Crippen LogP) is 1.10. The number of carbonyl (C=O) groups is 1. The summed E-state index contributed by atoms with van der Waals surface area (Å²) in [5, 5.41) is 0. The van der Waals surface area contributed by atoms with Crippen LogP contribution in [0.2, 0.25) is 0 Å². The maximum absolute atomic E-state index is 12.4. The number of nitrogens with two attached hydrogens (primary N) is 1. The van der Waals surface area contributed by atoms with Gasteiger partial charge in [0.25, 0.3) is 5.91 Å². The number of nitrogens with zero attached hydrogens (tertiary/aromatic N) is 2. The number of amides is 1. The van der Waals surface area contributed by atoms with Crippen molar-refractivity contribution in [2.75, 3.05) is 33.2 Å². The first kappa shape index (κ1) is 14.0. The third kappa shape index (κ3) is 3.52. The molecule has 1 aliphatic heterocycles. The molecule has 4 nitrogen and oxygen atoms in total. The summed E-state index contributed by atoms with van der Waals surface area (Å²) in [6.07, 6.45) is 1.02. The summed E-state index contributed by atoms with van der Waals surface area (Å²) < 4.78 is 0. The van der Waals surface area contributed by atoms with Gasteiger partial charge in [-0.15, -0.1) is 0 Å². The van der Waals surface area contributed by atoms with E-state index in [1.165, 1.54) is 0 Å². The van der Waals surface area contributed by atoms with E-state index in [2.05, 4.69) is 11.9 Å². The van der Waals surface area contributed by atoms with Crippen LogP contribution in [0.3, 0.4) is 0 Å².